The lowest BCUT2D eigenvalue weighted by Crippen LogP contribution is -2.45. The first-order chi connectivity index (χ1) is 6.45. The lowest BCUT2D eigenvalue weighted by atomic mass is 10.1. The fraction of sp³-hybridized carbons (Fsp3) is 0.909. The Labute approximate surface area is 88.1 Å². The molecule has 0 aliphatic carbocycles. The number of nitrogens with one attached hydrogen (secondary N) is 1. The molecule has 1 N–H and O–H groups in total. The molecular formula is C11H25N2O+. The molecule has 3 nitrogen and oxygen atoms in total. The molecule has 0 aromatic rings. The van der Waals surface area contributed by atoms with Crippen molar-refractivity contribution < 1.29 is 9.28 Å². The molecular weight excluding hydrogens is 176 g/mol. The average molecular weight is 201 g/mol. The predicted octanol–water partition coefficient (Wildman–Crippen LogP) is 1.74. The van der Waals surface area contributed by atoms with Crippen LogP contribution >= 0.6 is 0 Å². The second-order valence-corrected chi connectivity index (χ2v) is 4.86. The molecule has 0 bridgehead atoms. The van der Waals surface area contributed by atoms with Gasteiger partial charge in [0, 0.05) is 6.42 Å². The van der Waals surface area contributed by atoms with Crippen LogP contribution in [-0.2, 0) is 4.79 Å². The first kappa shape index (κ1) is 13.4. The van der Waals surface area contributed by atoms with Gasteiger partial charge in [0.05, 0.1) is 21.1 Å². The van der Waals surface area contributed by atoms with Crippen LogP contribution in [0.3, 0.4) is 0 Å². The summed E-state index contributed by atoms with van der Waals surface area (Å²) in [5.41, 5.74) is 0. The molecule has 0 aromatic carbocycles. The van der Waals surface area contributed by atoms with Gasteiger partial charge in [-0.2, -0.15) is 0 Å². The third-order valence-corrected chi connectivity index (χ3v) is 2.01. The maximum Gasteiger partial charge on any atom is 0.224 e. The van der Waals surface area contributed by atoms with Gasteiger partial charge in [-0.3, -0.25) is 4.79 Å². The zero-order valence-corrected chi connectivity index (χ0v) is 10.1. The number of hydrogen-bond acceptors (Lipinski definition) is 1. The fourth-order valence-electron chi connectivity index (χ4n) is 1.13. The first-order valence-corrected chi connectivity index (χ1v) is 5.53. The van der Waals surface area contributed by atoms with Crippen molar-refractivity contribution in [2.24, 2.45) is 0 Å². The van der Waals surface area contributed by atoms with E-state index >= 15 is 0 Å². The monoisotopic (exact) mass is 201 g/mol. The molecule has 84 valence electrons. The van der Waals surface area contributed by atoms with E-state index in [0.29, 0.717) is 13.1 Å². The van der Waals surface area contributed by atoms with Crippen LogP contribution in [0, 0.1) is 0 Å². The van der Waals surface area contributed by atoms with Crippen LogP contribution in [0.2, 0.25) is 0 Å². The molecule has 0 aliphatic rings. The van der Waals surface area contributed by atoms with Crippen LogP contribution in [0.1, 0.15) is 39.0 Å². The minimum atomic E-state index is 0.189. The van der Waals surface area contributed by atoms with E-state index in [4.69, 9.17) is 0 Å². The molecule has 14 heavy (non-hydrogen) atoms. The maximum atomic E-state index is 11.3. The lowest BCUT2D eigenvalue weighted by Gasteiger charge is -2.23. The molecule has 0 unspecified atom stereocenters. The Morgan fingerprint density at radius 2 is 1.79 bits per heavy atom. The van der Waals surface area contributed by atoms with Crippen molar-refractivity contribution in [3.8, 4) is 0 Å². The summed E-state index contributed by atoms with van der Waals surface area (Å²) >= 11 is 0. The SMILES string of the molecule is CCCCCCC(=O)NC[N+](C)(C)C. The van der Waals surface area contributed by atoms with Crippen LogP contribution < -0.4 is 5.32 Å². The average Bonchev–Trinajstić information content (AvgIpc) is 2.08. The van der Waals surface area contributed by atoms with E-state index in [1.807, 2.05) is 0 Å². The van der Waals surface area contributed by atoms with E-state index in [1.165, 1.54) is 19.3 Å². The van der Waals surface area contributed by atoms with Gasteiger partial charge in [0.1, 0.15) is 0 Å². The first-order valence-electron chi connectivity index (χ1n) is 5.53. The number of unbranched alkanes of at least 4 members (excludes halogenated alkanes) is 3. The summed E-state index contributed by atoms with van der Waals surface area (Å²) < 4.78 is 0.778. The number of hydrogen-bond donors (Lipinski definition) is 1. The van der Waals surface area contributed by atoms with Crippen molar-refractivity contribution in [1.29, 1.82) is 0 Å². The van der Waals surface area contributed by atoms with E-state index in [0.717, 1.165) is 10.9 Å². The lowest BCUT2D eigenvalue weighted by molar-refractivity contribution is -0.872. The molecule has 0 spiro atoms. The molecule has 0 aliphatic heterocycles. The van der Waals surface area contributed by atoms with Gasteiger partial charge in [-0.15, -0.1) is 0 Å². The van der Waals surface area contributed by atoms with Gasteiger partial charge in [-0.05, 0) is 6.42 Å². The molecule has 0 rings (SSSR count). The molecule has 0 aromatic heterocycles. The van der Waals surface area contributed by atoms with Crippen molar-refractivity contribution in [2.45, 2.75) is 39.0 Å². The second-order valence-electron chi connectivity index (χ2n) is 4.86. The summed E-state index contributed by atoms with van der Waals surface area (Å²) in [4.78, 5) is 11.3. The van der Waals surface area contributed by atoms with Gasteiger partial charge in [-0.25, -0.2) is 0 Å². The van der Waals surface area contributed by atoms with Crippen molar-refractivity contribution in [1.82, 2.24) is 5.32 Å². The largest absolute Gasteiger partial charge is 0.314 e. The van der Waals surface area contributed by atoms with Gasteiger partial charge >= 0.3 is 0 Å². The normalized spacial score (nSPS) is 11.4. The summed E-state index contributed by atoms with van der Waals surface area (Å²) in [7, 11) is 6.20. The van der Waals surface area contributed by atoms with E-state index < -0.39 is 0 Å². The Bertz CT molecular complexity index is 161. The van der Waals surface area contributed by atoms with Crippen LogP contribution in [-0.4, -0.2) is 38.2 Å². The van der Waals surface area contributed by atoms with Gasteiger partial charge in [0.2, 0.25) is 5.91 Å². The van der Waals surface area contributed by atoms with Gasteiger partial charge in [0.15, 0.2) is 6.67 Å². The van der Waals surface area contributed by atoms with Crippen molar-refractivity contribution >= 4 is 5.91 Å². The summed E-state index contributed by atoms with van der Waals surface area (Å²) in [6.45, 7) is 2.89. The van der Waals surface area contributed by atoms with Gasteiger partial charge in [-0.1, -0.05) is 26.2 Å². The van der Waals surface area contributed by atoms with Crippen LogP contribution in [0.25, 0.3) is 0 Å². The number of amides is 1. The second kappa shape index (κ2) is 6.82. The summed E-state index contributed by atoms with van der Waals surface area (Å²) in [6.07, 6.45) is 5.34. The summed E-state index contributed by atoms with van der Waals surface area (Å²) in [6, 6.07) is 0. The number of carbonyl (C=O) groups is 1. The standard InChI is InChI=1S/C11H24N2O/c1-5-6-7-8-9-11(14)12-10-13(2,3)4/h5-10H2,1-4H3/p+1. The molecule has 1 amide bonds. The topological polar surface area (TPSA) is 29.1 Å². The Morgan fingerprint density at radius 1 is 1.14 bits per heavy atom. The maximum absolute atomic E-state index is 11.3. The number of quaternary nitrogens is 1. The zero-order valence-electron chi connectivity index (χ0n) is 10.1. The zero-order chi connectivity index (χ0) is 11.0. The highest BCUT2D eigenvalue weighted by Gasteiger charge is 2.08. The molecule has 0 fully saturated rings. The molecule has 0 radical (unpaired) electrons. The minimum absolute atomic E-state index is 0.189. The Hall–Kier alpha value is -0.570. The number of carbonyl (C=O) groups excluding carboxylic acids is 1. The fourth-order valence-corrected chi connectivity index (χ4v) is 1.13. The molecule has 0 saturated carbocycles. The highest BCUT2D eigenvalue weighted by Crippen LogP contribution is 2.01. The van der Waals surface area contributed by atoms with Crippen molar-refractivity contribution in [2.75, 3.05) is 27.8 Å². The van der Waals surface area contributed by atoms with E-state index in [2.05, 4.69) is 33.4 Å². The Balaban J connectivity index is 3.38. The van der Waals surface area contributed by atoms with E-state index in [9.17, 15) is 4.79 Å². The summed E-state index contributed by atoms with van der Waals surface area (Å²) in [5, 5.41) is 2.93. The summed E-state index contributed by atoms with van der Waals surface area (Å²) in [5.74, 6) is 0.189. The minimum Gasteiger partial charge on any atom is -0.314 e. The highest BCUT2D eigenvalue weighted by atomic mass is 16.1. The van der Waals surface area contributed by atoms with Gasteiger partial charge in [0.25, 0.3) is 0 Å². The highest BCUT2D eigenvalue weighted by molar-refractivity contribution is 5.75. The van der Waals surface area contributed by atoms with E-state index in [-0.39, 0.29) is 5.91 Å². The number of nitrogens with zero attached hydrogens (tertiary/aromatic N) is 1. The molecule has 0 saturated heterocycles. The Morgan fingerprint density at radius 3 is 2.29 bits per heavy atom. The van der Waals surface area contributed by atoms with E-state index in [1.54, 1.807) is 0 Å². The van der Waals surface area contributed by atoms with Crippen molar-refractivity contribution in [3.05, 3.63) is 0 Å². The van der Waals surface area contributed by atoms with Crippen LogP contribution in [0.4, 0.5) is 0 Å². The molecule has 0 atom stereocenters. The van der Waals surface area contributed by atoms with Crippen LogP contribution in [0.15, 0.2) is 0 Å². The van der Waals surface area contributed by atoms with Crippen LogP contribution in [0.5, 0.6) is 0 Å². The quantitative estimate of drug-likeness (QED) is 0.379. The van der Waals surface area contributed by atoms with Gasteiger partial charge < -0.3 is 9.80 Å². The Kier molecular flexibility index (Phi) is 6.54. The predicted molar refractivity (Wildman–Crippen MR) is 59.8 cm³/mol. The third kappa shape index (κ3) is 9.52. The molecule has 3 heteroatoms. The smallest absolute Gasteiger partial charge is 0.224 e. The third-order valence-electron chi connectivity index (χ3n) is 2.01. The van der Waals surface area contributed by atoms with Crippen molar-refractivity contribution in [3.63, 3.8) is 0 Å². The molecule has 0 heterocycles. The number of rotatable bonds is 7.